The minimum Gasteiger partial charge on any atom is -0.496 e. The lowest BCUT2D eigenvalue weighted by molar-refractivity contribution is -0.138. The van der Waals surface area contributed by atoms with Gasteiger partial charge in [0.1, 0.15) is 5.75 Å². The van der Waals surface area contributed by atoms with Crippen LogP contribution in [0.25, 0.3) is 6.08 Å². The summed E-state index contributed by atoms with van der Waals surface area (Å²) in [5.74, 6) is 0.682. The van der Waals surface area contributed by atoms with E-state index in [1.54, 1.807) is 24.4 Å². The highest BCUT2D eigenvalue weighted by molar-refractivity contribution is 5.88. The normalized spacial score (nSPS) is 16.8. The molecular weight excluding hydrogens is 392 g/mol. The number of hydrogen-bond donors (Lipinski definition) is 1. The van der Waals surface area contributed by atoms with Crippen LogP contribution in [0.1, 0.15) is 24.5 Å². The molecule has 1 N–H and O–H groups in total. The lowest BCUT2D eigenvalue weighted by Gasteiger charge is -2.35. The number of benzene rings is 1. The van der Waals surface area contributed by atoms with Crippen molar-refractivity contribution < 1.29 is 14.3 Å². The third kappa shape index (κ3) is 6.15. The molecule has 1 aromatic heterocycles. The number of nitrogens with one attached hydrogen (secondary N) is 1. The predicted molar refractivity (Wildman–Crippen MR) is 120 cm³/mol. The average molecular weight is 423 g/mol. The molecule has 2 heterocycles. The summed E-state index contributed by atoms with van der Waals surface area (Å²) >= 11 is 0. The Hall–Kier alpha value is -3.19. The van der Waals surface area contributed by atoms with Crippen LogP contribution in [-0.4, -0.2) is 65.9 Å². The molecule has 0 aliphatic carbocycles. The molecule has 1 aromatic carbocycles. The zero-order chi connectivity index (χ0) is 22.1. The molecule has 1 fully saturated rings. The van der Waals surface area contributed by atoms with Crippen LogP contribution in [0, 0.1) is 0 Å². The van der Waals surface area contributed by atoms with E-state index < -0.39 is 6.04 Å². The van der Waals surface area contributed by atoms with Crippen molar-refractivity contribution in [2.75, 3.05) is 33.3 Å². The molecule has 2 amide bonds. The number of piperazine rings is 1. The van der Waals surface area contributed by atoms with E-state index in [-0.39, 0.29) is 18.2 Å². The van der Waals surface area contributed by atoms with Crippen molar-refractivity contribution in [3.63, 3.8) is 0 Å². The highest BCUT2D eigenvalue weighted by atomic mass is 16.5. The predicted octanol–water partition coefficient (Wildman–Crippen LogP) is 2.34. The number of para-hydroxylation sites is 1. The fourth-order valence-corrected chi connectivity index (χ4v) is 3.70. The minimum absolute atomic E-state index is 0.0277. The average Bonchev–Trinajstić information content (AvgIpc) is 2.80. The van der Waals surface area contributed by atoms with Crippen LogP contribution in [0.4, 0.5) is 0 Å². The highest BCUT2D eigenvalue weighted by Gasteiger charge is 2.32. The Bertz CT molecular complexity index is 901. The maximum atomic E-state index is 13.0. The number of amides is 2. The van der Waals surface area contributed by atoms with Gasteiger partial charge in [-0.1, -0.05) is 30.4 Å². The van der Waals surface area contributed by atoms with Crippen LogP contribution in [0.5, 0.6) is 5.75 Å². The molecule has 7 heteroatoms. The van der Waals surface area contributed by atoms with E-state index in [0.29, 0.717) is 32.7 Å². The van der Waals surface area contributed by atoms with Crippen LogP contribution in [0.2, 0.25) is 0 Å². The molecule has 0 bridgehead atoms. The van der Waals surface area contributed by atoms with Crippen molar-refractivity contribution in [3.8, 4) is 5.75 Å². The Kier molecular flexibility index (Phi) is 8.18. The van der Waals surface area contributed by atoms with Gasteiger partial charge in [0, 0.05) is 50.7 Å². The van der Waals surface area contributed by atoms with Crippen molar-refractivity contribution in [2.45, 2.75) is 25.9 Å². The van der Waals surface area contributed by atoms with Crippen molar-refractivity contribution >= 4 is 17.9 Å². The van der Waals surface area contributed by atoms with E-state index in [9.17, 15) is 9.59 Å². The molecule has 1 aliphatic heterocycles. The molecule has 2 aromatic rings. The largest absolute Gasteiger partial charge is 0.496 e. The van der Waals surface area contributed by atoms with E-state index in [4.69, 9.17) is 4.74 Å². The van der Waals surface area contributed by atoms with Gasteiger partial charge in [-0.15, -0.1) is 0 Å². The molecule has 164 valence electrons. The summed E-state index contributed by atoms with van der Waals surface area (Å²) in [5, 5.41) is 2.90. The van der Waals surface area contributed by atoms with Gasteiger partial charge < -0.3 is 15.0 Å². The van der Waals surface area contributed by atoms with E-state index in [0.717, 1.165) is 16.9 Å². The van der Waals surface area contributed by atoms with Crippen LogP contribution in [0.15, 0.2) is 54.9 Å². The Morgan fingerprint density at radius 2 is 2.06 bits per heavy atom. The second kappa shape index (κ2) is 11.3. The van der Waals surface area contributed by atoms with Crippen LogP contribution in [0.3, 0.4) is 0 Å². The van der Waals surface area contributed by atoms with Crippen molar-refractivity contribution in [3.05, 3.63) is 66.0 Å². The summed E-state index contributed by atoms with van der Waals surface area (Å²) < 4.78 is 5.38. The second-order valence-corrected chi connectivity index (χ2v) is 7.41. The SMILES string of the molecule is CCN(Cc1ccncc1)C(=O)CC1C(=O)NCCN1CC=Cc1ccccc1OC. The molecule has 1 aliphatic rings. The number of rotatable bonds is 9. The van der Waals surface area contributed by atoms with E-state index in [1.807, 2.05) is 55.5 Å². The van der Waals surface area contributed by atoms with Gasteiger partial charge in [-0.25, -0.2) is 0 Å². The Balaban J connectivity index is 1.65. The fourth-order valence-electron chi connectivity index (χ4n) is 3.70. The molecule has 31 heavy (non-hydrogen) atoms. The molecule has 1 saturated heterocycles. The third-order valence-electron chi connectivity index (χ3n) is 5.44. The number of carbonyl (C=O) groups excluding carboxylic acids is 2. The molecule has 1 unspecified atom stereocenters. The summed E-state index contributed by atoms with van der Waals surface area (Å²) in [7, 11) is 1.65. The maximum Gasteiger partial charge on any atom is 0.237 e. The van der Waals surface area contributed by atoms with Gasteiger partial charge >= 0.3 is 0 Å². The molecular formula is C24H30N4O3. The van der Waals surface area contributed by atoms with Gasteiger partial charge in [-0.3, -0.25) is 19.5 Å². The standard InChI is InChI=1S/C24H30N4O3/c1-3-27(18-19-10-12-25-13-11-19)23(29)17-21-24(30)26-14-16-28(21)15-6-8-20-7-4-5-9-22(20)31-2/h4-13,21H,3,14-18H2,1-2H3,(H,26,30). The number of hydrogen-bond acceptors (Lipinski definition) is 5. The molecule has 0 radical (unpaired) electrons. The van der Waals surface area contributed by atoms with Gasteiger partial charge in [0.25, 0.3) is 0 Å². The third-order valence-corrected chi connectivity index (χ3v) is 5.44. The first-order valence-corrected chi connectivity index (χ1v) is 10.6. The number of methoxy groups -OCH3 is 1. The van der Waals surface area contributed by atoms with Crippen molar-refractivity contribution in [1.29, 1.82) is 0 Å². The summed E-state index contributed by atoms with van der Waals surface area (Å²) in [4.78, 5) is 33.4. The maximum absolute atomic E-state index is 13.0. The van der Waals surface area contributed by atoms with E-state index in [2.05, 4.69) is 15.2 Å². The lowest BCUT2D eigenvalue weighted by atomic mass is 10.1. The smallest absolute Gasteiger partial charge is 0.237 e. The molecule has 0 saturated carbocycles. The zero-order valence-corrected chi connectivity index (χ0v) is 18.2. The summed E-state index contributed by atoms with van der Waals surface area (Å²) in [5.41, 5.74) is 2.00. The van der Waals surface area contributed by atoms with Gasteiger partial charge in [0.05, 0.1) is 19.6 Å². The first-order valence-electron chi connectivity index (χ1n) is 10.6. The quantitative estimate of drug-likeness (QED) is 0.671. The Labute approximate surface area is 183 Å². The van der Waals surface area contributed by atoms with Gasteiger partial charge in [-0.05, 0) is 30.7 Å². The number of carbonyl (C=O) groups is 2. The molecule has 0 spiro atoms. The second-order valence-electron chi connectivity index (χ2n) is 7.41. The minimum atomic E-state index is -0.477. The van der Waals surface area contributed by atoms with Crippen LogP contribution >= 0.6 is 0 Å². The van der Waals surface area contributed by atoms with Crippen LogP contribution < -0.4 is 10.1 Å². The molecule has 1 atom stereocenters. The Morgan fingerprint density at radius 1 is 1.29 bits per heavy atom. The van der Waals surface area contributed by atoms with E-state index >= 15 is 0 Å². The number of nitrogens with zero attached hydrogens (tertiary/aromatic N) is 3. The first kappa shape index (κ1) is 22.5. The van der Waals surface area contributed by atoms with Gasteiger partial charge in [0.2, 0.25) is 11.8 Å². The summed E-state index contributed by atoms with van der Waals surface area (Å²) in [6.07, 6.45) is 7.61. The van der Waals surface area contributed by atoms with Crippen molar-refractivity contribution in [2.24, 2.45) is 0 Å². The topological polar surface area (TPSA) is 74.8 Å². The first-order chi connectivity index (χ1) is 15.1. The number of aromatic nitrogens is 1. The van der Waals surface area contributed by atoms with Crippen molar-refractivity contribution in [1.82, 2.24) is 20.1 Å². The summed E-state index contributed by atoms with van der Waals surface area (Å²) in [6.45, 7) is 4.92. The zero-order valence-electron chi connectivity index (χ0n) is 18.2. The van der Waals surface area contributed by atoms with Gasteiger partial charge in [0.15, 0.2) is 0 Å². The summed E-state index contributed by atoms with van der Waals surface area (Å²) in [6, 6.07) is 11.1. The van der Waals surface area contributed by atoms with Gasteiger partial charge in [-0.2, -0.15) is 0 Å². The van der Waals surface area contributed by atoms with Crippen LogP contribution in [-0.2, 0) is 16.1 Å². The molecule has 3 rings (SSSR count). The Morgan fingerprint density at radius 3 is 2.81 bits per heavy atom. The van der Waals surface area contributed by atoms with E-state index in [1.165, 1.54) is 0 Å². The molecule has 7 nitrogen and oxygen atoms in total. The highest BCUT2D eigenvalue weighted by Crippen LogP contribution is 2.19. The number of ether oxygens (including phenoxy) is 1. The lowest BCUT2D eigenvalue weighted by Crippen LogP contribution is -2.56. The fraction of sp³-hybridized carbons (Fsp3) is 0.375. The number of pyridine rings is 1. The monoisotopic (exact) mass is 422 g/mol.